The van der Waals surface area contributed by atoms with Crippen molar-refractivity contribution in [1.82, 2.24) is 0 Å². The lowest BCUT2D eigenvalue weighted by Gasteiger charge is -2.15. The van der Waals surface area contributed by atoms with Crippen LogP contribution in [-0.2, 0) is 14.3 Å². The molecule has 4 nitrogen and oxygen atoms in total. The lowest BCUT2D eigenvalue weighted by atomic mass is 10.1. The van der Waals surface area contributed by atoms with Crippen molar-refractivity contribution in [2.24, 2.45) is 4.99 Å². The van der Waals surface area contributed by atoms with Gasteiger partial charge < -0.3 is 4.74 Å². The van der Waals surface area contributed by atoms with Gasteiger partial charge in [0.2, 0.25) is 6.08 Å². The predicted molar refractivity (Wildman–Crippen MR) is 48.1 cm³/mol. The molecule has 0 spiro atoms. The second-order valence-electron chi connectivity index (χ2n) is 3.25. The third kappa shape index (κ3) is 4.43. The summed E-state index contributed by atoms with van der Waals surface area (Å²) in [5.41, 5.74) is -1.10. The zero-order chi connectivity index (χ0) is 10.3. The maximum Gasteiger partial charge on any atom is 0.334 e. The molecule has 0 aromatic rings. The van der Waals surface area contributed by atoms with E-state index in [0.29, 0.717) is 6.61 Å². The Balaban J connectivity index is 4.02. The van der Waals surface area contributed by atoms with Gasteiger partial charge in [0.25, 0.3) is 0 Å². The molecule has 0 aliphatic carbocycles. The average molecular weight is 185 g/mol. The Bertz CT molecular complexity index is 217. The highest BCUT2D eigenvalue weighted by Gasteiger charge is 2.28. The molecule has 0 rings (SSSR count). The second-order valence-corrected chi connectivity index (χ2v) is 3.25. The van der Waals surface area contributed by atoms with E-state index in [1.165, 1.54) is 19.9 Å². The summed E-state index contributed by atoms with van der Waals surface area (Å²) in [5, 5.41) is 0. The molecule has 0 heterocycles. The minimum atomic E-state index is -1.10. The molecule has 0 aromatic heterocycles. The summed E-state index contributed by atoms with van der Waals surface area (Å²) >= 11 is 0. The van der Waals surface area contributed by atoms with Crippen LogP contribution in [-0.4, -0.2) is 24.2 Å². The first-order valence-electron chi connectivity index (χ1n) is 4.31. The van der Waals surface area contributed by atoms with E-state index in [2.05, 4.69) is 4.99 Å². The topological polar surface area (TPSA) is 55.7 Å². The molecule has 0 amide bonds. The number of unbranched alkanes of at least 4 members (excludes halogenated alkanes) is 1. The van der Waals surface area contributed by atoms with Crippen LogP contribution < -0.4 is 0 Å². The first-order chi connectivity index (χ1) is 6.04. The van der Waals surface area contributed by atoms with Crippen molar-refractivity contribution in [1.29, 1.82) is 0 Å². The van der Waals surface area contributed by atoms with E-state index < -0.39 is 11.5 Å². The van der Waals surface area contributed by atoms with Gasteiger partial charge in [-0.15, -0.1) is 0 Å². The van der Waals surface area contributed by atoms with E-state index in [1.54, 1.807) is 0 Å². The fourth-order valence-corrected chi connectivity index (χ4v) is 0.646. The molecule has 0 saturated carbocycles. The molecule has 13 heavy (non-hydrogen) atoms. The van der Waals surface area contributed by atoms with E-state index in [0.717, 1.165) is 12.8 Å². The summed E-state index contributed by atoms with van der Waals surface area (Å²) in [6, 6.07) is 0. The van der Waals surface area contributed by atoms with E-state index in [4.69, 9.17) is 4.74 Å². The second kappa shape index (κ2) is 5.49. The summed E-state index contributed by atoms with van der Waals surface area (Å²) in [5.74, 6) is -0.482. The lowest BCUT2D eigenvalue weighted by molar-refractivity contribution is -0.148. The molecule has 0 aliphatic heterocycles. The largest absolute Gasteiger partial charge is 0.464 e. The molecule has 0 unspecified atom stereocenters. The Morgan fingerprint density at radius 2 is 2.15 bits per heavy atom. The molecule has 0 bridgehead atoms. The fraction of sp³-hybridized carbons (Fsp3) is 0.778. The molecule has 0 saturated heterocycles. The molecular weight excluding hydrogens is 170 g/mol. The molecule has 0 atom stereocenters. The molecule has 74 valence electrons. The smallest absolute Gasteiger partial charge is 0.334 e. The highest BCUT2D eigenvalue weighted by atomic mass is 16.5. The van der Waals surface area contributed by atoms with Crippen LogP contribution in [0.2, 0.25) is 0 Å². The number of carbonyl (C=O) groups excluding carboxylic acids is 2. The number of hydrogen-bond acceptors (Lipinski definition) is 4. The minimum absolute atomic E-state index is 0.382. The Labute approximate surface area is 78.0 Å². The Hall–Kier alpha value is -1.15. The molecule has 4 heteroatoms. The number of nitrogens with zero attached hydrogens (tertiary/aromatic N) is 1. The highest BCUT2D eigenvalue weighted by molar-refractivity contribution is 5.80. The van der Waals surface area contributed by atoms with Crippen molar-refractivity contribution >= 4 is 12.0 Å². The van der Waals surface area contributed by atoms with Crippen molar-refractivity contribution in [3.05, 3.63) is 0 Å². The van der Waals surface area contributed by atoms with Gasteiger partial charge in [0.15, 0.2) is 5.54 Å². The molecule has 0 aromatic carbocycles. The van der Waals surface area contributed by atoms with Crippen LogP contribution in [0.15, 0.2) is 4.99 Å². The Morgan fingerprint density at radius 3 is 2.62 bits per heavy atom. The van der Waals surface area contributed by atoms with Gasteiger partial charge in [-0.05, 0) is 20.3 Å². The third-order valence-electron chi connectivity index (χ3n) is 1.56. The monoisotopic (exact) mass is 185 g/mol. The third-order valence-corrected chi connectivity index (χ3v) is 1.56. The highest BCUT2D eigenvalue weighted by Crippen LogP contribution is 2.10. The maximum absolute atomic E-state index is 11.2. The number of hydrogen-bond donors (Lipinski definition) is 0. The van der Waals surface area contributed by atoms with Gasteiger partial charge in [-0.25, -0.2) is 9.59 Å². The summed E-state index contributed by atoms with van der Waals surface area (Å²) in [6.45, 7) is 5.42. The summed E-state index contributed by atoms with van der Waals surface area (Å²) in [6.07, 6.45) is 3.14. The first kappa shape index (κ1) is 11.8. The van der Waals surface area contributed by atoms with Gasteiger partial charge in [0, 0.05) is 0 Å². The van der Waals surface area contributed by atoms with E-state index >= 15 is 0 Å². The van der Waals surface area contributed by atoms with Gasteiger partial charge in [0.1, 0.15) is 0 Å². The van der Waals surface area contributed by atoms with Crippen molar-refractivity contribution in [2.75, 3.05) is 6.61 Å². The Kier molecular flexibility index (Phi) is 5.00. The summed E-state index contributed by atoms with van der Waals surface area (Å²) in [7, 11) is 0. The zero-order valence-electron chi connectivity index (χ0n) is 8.29. The first-order valence-corrected chi connectivity index (χ1v) is 4.31. The summed E-state index contributed by atoms with van der Waals surface area (Å²) in [4.78, 5) is 24.5. The summed E-state index contributed by atoms with van der Waals surface area (Å²) < 4.78 is 4.89. The number of isocyanates is 1. The SMILES string of the molecule is CCCCOC(=O)C(C)(C)N=C=O. The quantitative estimate of drug-likeness (QED) is 0.282. The van der Waals surface area contributed by atoms with Gasteiger partial charge in [-0.1, -0.05) is 13.3 Å². The standard InChI is InChI=1S/C9H15NO3/c1-4-5-6-13-8(12)9(2,3)10-7-11/h4-6H2,1-3H3. The van der Waals surface area contributed by atoms with Crippen molar-refractivity contribution in [3.63, 3.8) is 0 Å². The molecular formula is C9H15NO3. The van der Waals surface area contributed by atoms with Crippen LogP contribution in [0.1, 0.15) is 33.6 Å². The minimum Gasteiger partial charge on any atom is -0.464 e. The molecule has 0 fully saturated rings. The van der Waals surface area contributed by atoms with Crippen molar-refractivity contribution < 1.29 is 14.3 Å². The predicted octanol–water partition coefficient (Wildman–Crippen LogP) is 1.44. The van der Waals surface area contributed by atoms with E-state index in [9.17, 15) is 9.59 Å². The van der Waals surface area contributed by atoms with Crippen molar-refractivity contribution in [2.45, 2.75) is 39.2 Å². The lowest BCUT2D eigenvalue weighted by Crippen LogP contribution is -2.31. The zero-order valence-corrected chi connectivity index (χ0v) is 8.29. The van der Waals surface area contributed by atoms with Gasteiger partial charge in [-0.3, -0.25) is 0 Å². The number of rotatable bonds is 5. The van der Waals surface area contributed by atoms with Crippen LogP contribution in [0, 0.1) is 0 Å². The van der Waals surface area contributed by atoms with Gasteiger partial charge in [-0.2, -0.15) is 4.99 Å². The van der Waals surface area contributed by atoms with Gasteiger partial charge in [0.05, 0.1) is 6.61 Å². The van der Waals surface area contributed by atoms with Crippen LogP contribution in [0.3, 0.4) is 0 Å². The fourth-order valence-electron chi connectivity index (χ4n) is 0.646. The van der Waals surface area contributed by atoms with Crippen LogP contribution in [0.4, 0.5) is 0 Å². The Morgan fingerprint density at radius 1 is 1.54 bits per heavy atom. The van der Waals surface area contributed by atoms with Crippen LogP contribution in [0.5, 0.6) is 0 Å². The number of aliphatic imine (C=N–C) groups is 1. The van der Waals surface area contributed by atoms with Gasteiger partial charge >= 0.3 is 5.97 Å². The number of esters is 1. The molecule has 0 radical (unpaired) electrons. The van der Waals surface area contributed by atoms with Crippen molar-refractivity contribution in [3.8, 4) is 0 Å². The molecule has 0 N–H and O–H groups in total. The normalized spacial score (nSPS) is 10.4. The number of carbonyl (C=O) groups is 1. The number of ether oxygens (including phenoxy) is 1. The molecule has 0 aliphatic rings. The van der Waals surface area contributed by atoms with Crippen LogP contribution in [0.25, 0.3) is 0 Å². The van der Waals surface area contributed by atoms with E-state index in [1.807, 2.05) is 6.92 Å². The van der Waals surface area contributed by atoms with E-state index in [-0.39, 0.29) is 0 Å². The van der Waals surface area contributed by atoms with Crippen LogP contribution >= 0.6 is 0 Å². The average Bonchev–Trinajstić information content (AvgIpc) is 2.04. The maximum atomic E-state index is 11.2.